The number of benzene rings is 4. The third kappa shape index (κ3) is 5.49. The highest BCUT2D eigenvalue weighted by Gasteiger charge is 2.32. The summed E-state index contributed by atoms with van der Waals surface area (Å²) in [7, 11) is 0. The van der Waals surface area contributed by atoms with Crippen molar-refractivity contribution in [2.24, 2.45) is 9.98 Å². The SMILES string of the molecule is Cc1cc(C(F)(F)F)cc(C=Nc2cccc3cccc(N=Cc4cc(C(F)(F)F)cc(C)c4O)c23)c1O. The van der Waals surface area contributed by atoms with E-state index in [2.05, 4.69) is 9.98 Å². The molecule has 0 radical (unpaired) electrons. The topological polar surface area (TPSA) is 65.2 Å². The van der Waals surface area contributed by atoms with Gasteiger partial charge in [-0.25, -0.2) is 0 Å². The summed E-state index contributed by atoms with van der Waals surface area (Å²) in [6.45, 7) is 2.69. The zero-order chi connectivity index (χ0) is 27.8. The summed E-state index contributed by atoms with van der Waals surface area (Å²) < 4.78 is 79.5. The van der Waals surface area contributed by atoms with Crippen LogP contribution in [0, 0.1) is 13.8 Å². The molecule has 38 heavy (non-hydrogen) atoms. The van der Waals surface area contributed by atoms with Crippen LogP contribution in [0.25, 0.3) is 10.8 Å². The minimum absolute atomic E-state index is 0.0284. The molecular formula is C28H20F6N2O2. The number of phenolic OH excluding ortho intramolecular Hbond substituents is 2. The van der Waals surface area contributed by atoms with Gasteiger partial charge in [0, 0.05) is 28.9 Å². The van der Waals surface area contributed by atoms with Gasteiger partial charge in [0.05, 0.1) is 22.5 Å². The Hall–Kier alpha value is -4.34. The first-order valence-corrected chi connectivity index (χ1v) is 11.2. The first-order valence-electron chi connectivity index (χ1n) is 11.2. The van der Waals surface area contributed by atoms with E-state index >= 15 is 0 Å². The molecule has 196 valence electrons. The largest absolute Gasteiger partial charge is 0.507 e. The molecule has 4 aromatic rings. The van der Waals surface area contributed by atoms with Crippen molar-refractivity contribution in [1.82, 2.24) is 0 Å². The van der Waals surface area contributed by atoms with Gasteiger partial charge in [-0.1, -0.05) is 24.3 Å². The van der Waals surface area contributed by atoms with Crippen LogP contribution in [0.3, 0.4) is 0 Å². The molecule has 10 heteroatoms. The smallest absolute Gasteiger partial charge is 0.416 e. The van der Waals surface area contributed by atoms with Crippen molar-refractivity contribution in [3.8, 4) is 11.5 Å². The maximum Gasteiger partial charge on any atom is 0.416 e. The van der Waals surface area contributed by atoms with Gasteiger partial charge in [0.2, 0.25) is 0 Å². The van der Waals surface area contributed by atoms with E-state index < -0.39 is 23.5 Å². The number of alkyl halides is 6. The molecule has 4 aromatic carbocycles. The summed E-state index contributed by atoms with van der Waals surface area (Å²) in [4.78, 5) is 8.60. The lowest BCUT2D eigenvalue weighted by atomic mass is 10.0. The van der Waals surface area contributed by atoms with Crippen molar-refractivity contribution in [1.29, 1.82) is 0 Å². The molecule has 0 amide bonds. The van der Waals surface area contributed by atoms with E-state index in [-0.39, 0.29) is 33.8 Å². The quantitative estimate of drug-likeness (QED) is 0.206. The van der Waals surface area contributed by atoms with E-state index in [9.17, 15) is 36.6 Å². The average molecular weight is 530 g/mol. The lowest BCUT2D eigenvalue weighted by Crippen LogP contribution is -2.06. The molecule has 0 atom stereocenters. The normalized spacial score (nSPS) is 12.7. The molecule has 0 heterocycles. The number of aryl methyl sites for hydroxylation is 2. The first-order chi connectivity index (χ1) is 17.8. The number of aromatic hydroxyl groups is 2. The van der Waals surface area contributed by atoms with Crippen molar-refractivity contribution in [3.05, 3.63) is 94.0 Å². The number of halogens is 6. The van der Waals surface area contributed by atoms with Gasteiger partial charge in [0.1, 0.15) is 11.5 Å². The van der Waals surface area contributed by atoms with Gasteiger partial charge >= 0.3 is 12.4 Å². The number of aliphatic imine (C=N–C) groups is 2. The van der Waals surface area contributed by atoms with Gasteiger partial charge in [0.15, 0.2) is 0 Å². The number of fused-ring (bicyclic) bond motifs is 1. The highest BCUT2D eigenvalue weighted by molar-refractivity contribution is 6.04. The highest BCUT2D eigenvalue weighted by atomic mass is 19.4. The molecule has 2 N–H and O–H groups in total. The van der Waals surface area contributed by atoms with Gasteiger partial charge < -0.3 is 10.2 Å². The van der Waals surface area contributed by atoms with E-state index in [0.717, 1.165) is 36.7 Å². The van der Waals surface area contributed by atoms with E-state index in [1.807, 2.05) is 0 Å². The van der Waals surface area contributed by atoms with E-state index in [0.29, 0.717) is 22.1 Å². The number of nitrogens with zero attached hydrogens (tertiary/aromatic N) is 2. The summed E-state index contributed by atoms with van der Waals surface area (Å²) >= 11 is 0. The van der Waals surface area contributed by atoms with Crippen molar-refractivity contribution in [2.75, 3.05) is 0 Å². The molecule has 0 saturated heterocycles. The lowest BCUT2D eigenvalue weighted by Gasteiger charge is -2.11. The summed E-state index contributed by atoms with van der Waals surface area (Å²) in [5.74, 6) is -0.703. The summed E-state index contributed by atoms with van der Waals surface area (Å²) in [5, 5.41) is 21.7. The number of hydrogen-bond acceptors (Lipinski definition) is 4. The molecule has 0 fully saturated rings. The zero-order valence-electron chi connectivity index (χ0n) is 20.0. The van der Waals surface area contributed by atoms with Gasteiger partial charge in [-0.05, 0) is 66.8 Å². The third-order valence-electron chi connectivity index (χ3n) is 5.86. The third-order valence-corrected chi connectivity index (χ3v) is 5.86. The van der Waals surface area contributed by atoms with Crippen molar-refractivity contribution < 1.29 is 36.6 Å². The second-order valence-corrected chi connectivity index (χ2v) is 8.63. The molecule has 0 spiro atoms. The van der Waals surface area contributed by atoms with Crippen molar-refractivity contribution in [2.45, 2.75) is 26.2 Å². The lowest BCUT2D eigenvalue weighted by molar-refractivity contribution is -0.138. The fourth-order valence-electron chi connectivity index (χ4n) is 3.93. The average Bonchev–Trinajstić information content (AvgIpc) is 2.84. The fraction of sp³-hybridized carbons (Fsp3) is 0.143. The minimum Gasteiger partial charge on any atom is -0.507 e. The molecule has 0 saturated carbocycles. The van der Waals surface area contributed by atoms with E-state index in [1.54, 1.807) is 36.4 Å². The van der Waals surface area contributed by atoms with Gasteiger partial charge in [-0.15, -0.1) is 0 Å². The van der Waals surface area contributed by atoms with Crippen LogP contribution in [-0.4, -0.2) is 22.6 Å². The number of rotatable bonds is 4. The monoisotopic (exact) mass is 530 g/mol. The van der Waals surface area contributed by atoms with Crippen LogP contribution in [0.15, 0.2) is 70.6 Å². The maximum atomic E-state index is 13.3. The van der Waals surface area contributed by atoms with Crippen LogP contribution in [-0.2, 0) is 12.4 Å². The maximum absolute atomic E-state index is 13.3. The molecular weight excluding hydrogens is 510 g/mol. The second kappa shape index (κ2) is 9.85. The molecule has 0 aliphatic rings. The molecule has 0 bridgehead atoms. The van der Waals surface area contributed by atoms with Crippen molar-refractivity contribution in [3.63, 3.8) is 0 Å². The van der Waals surface area contributed by atoms with Gasteiger partial charge in [-0.2, -0.15) is 26.3 Å². The Morgan fingerprint density at radius 1 is 0.632 bits per heavy atom. The summed E-state index contributed by atoms with van der Waals surface area (Å²) in [6.07, 6.45) is -7.02. The Morgan fingerprint density at radius 2 is 1.03 bits per heavy atom. The molecule has 4 rings (SSSR count). The Balaban J connectivity index is 1.80. The molecule has 0 aliphatic carbocycles. The van der Waals surface area contributed by atoms with Gasteiger partial charge in [-0.3, -0.25) is 9.98 Å². The molecule has 0 unspecified atom stereocenters. The van der Waals surface area contributed by atoms with Crippen LogP contribution < -0.4 is 0 Å². The Labute approximate surface area is 213 Å². The number of hydrogen-bond donors (Lipinski definition) is 2. The predicted octanol–water partition coefficient (Wildman–Crippen LogP) is 8.41. The standard InChI is InChI=1S/C28H20F6N2O2/c1-15-9-20(27(29,30)31)11-18(25(15)37)13-35-22-7-3-5-17-6-4-8-23(24(17)22)36-14-19-12-21(28(32,33)34)10-16(2)26(19)38/h3-14,37-38H,1-2H3. The van der Waals surface area contributed by atoms with Crippen LogP contribution >= 0.6 is 0 Å². The second-order valence-electron chi connectivity index (χ2n) is 8.63. The van der Waals surface area contributed by atoms with Gasteiger partial charge in [0.25, 0.3) is 0 Å². The summed E-state index contributed by atoms with van der Waals surface area (Å²) in [6, 6.07) is 13.2. The van der Waals surface area contributed by atoms with E-state index in [1.165, 1.54) is 13.8 Å². The highest BCUT2D eigenvalue weighted by Crippen LogP contribution is 2.38. The molecule has 0 aliphatic heterocycles. The van der Waals surface area contributed by atoms with Crippen LogP contribution in [0.1, 0.15) is 33.4 Å². The number of phenols is 2. The van der Waals surface area contributed by atoms with Crippen LogP contribution in [0.5, 0.6) is 11.5 Å². The summed E-state index contributed by atoms with van der Waals surface area (Å²) in [5.41, 5.74) is -1.49. The minimum atomic E-state index is -4.62. The Morgan fingerprint density at radius 3 is 1.39 bits per heavy atom. The fourth-order valence-corrected chi connectivity index (χ4v) is 3.93. The Kier molecular flexibility index (Phi) is 6.92. The molecule has 0 aromatic heterocycles. The van der Waals surface area contributed by atoms with Crippen molar-refractivity contribution >= 4 is 34.6 Å². The van der Waals surface area contributed by atoms with Crippen LogP contribution in [0.4, 0.5) is 37.7 Å². The molecule has 4 nitrogen and oxygen atoms in total. The van der Waals surface area contributed by atoms with E-state index in [4.69, 9.17) is 0 Å². The van der Waals surface area contributed by atoms with Crippen LogP contribution in [0.2, 0.25) is 0 Å². The Bertz CT molecular complexity index is 1470. The first kappa shape index (κ1) is 26.7. The zero-order valence-corrected chi connectivity index (χ0v) is 20.0. The predicted molar refractivity (Wildman–Crippen MR) is 134 cm³/mol.